The van der Waals surface area contributed by atoms with E-state index in [9.17, 15) is 9.36 Å². The van der Waals surface area contributed by atoms with Crippen molar-refractivity contribution in [2.75, 3.05) is 12.8 Å². The Labute approximate surface area is 67.8 Å². The molecule has 0 saturated carbocycles. The molecule has 0 spiro atoms. The number of carbonyl (C=O) groups excluding carboxylic acids is 1. The average molecular weight is 204 g/mol. The molecule has 0 atom stereocenters. The summed E-state index contributed by atoms with van der Waals surface area (Å²) < 4.78 is 13.8. The Hall–Kier alpha value is -0.130. The topological polar surface area (TPSA) is 95.9 Å². The van der Waals surface area contributed by atoms with Crippen molar-refractivity contribution in [1.29, 1.82) is 0 Å². The van der Waals surface area contributed by atoms with Gasteiger partial charge in [-0.15, -0.1) is 0 Å². The van der Waals surface area contributed by atoms with E-state index in [1.807, 2.05) is 0 Å². The number of hydrogen-bond acceptors (Lipinski definition) is 4. The molecule has 0 aliphatic heterocycles. The van der Waals surface area contributed by atoms with Crippen LogP contribution in [0.3, 0.4) is 0 Å². The maximum atomic E-state index is 10.2. The third-order valence-corrected chi connectivity index (χ3v) is 1.48. The van der Waals surface area contributed by atoms with Gasteiger partial charge in [0.1, 0.15) is 11.9 Å². The van der Waals surface area contributed by atoms with E-state index in [1.54, 1.807) is 0 Å². The normalized spacial score (nSPS) is 11.2. The molecular formula is C3H7ClNO5P. The van der Waals surface area contributed by atoms with Gasteiger partial charge in [0.2, 0.25) is 0 Å². The van der Waals surface area contributed by atoms with Gasteiger partial charge in [-0.05, 0) is 0 Å². The highest BCUT2D eigenvalue weighted by Gasteiger charge is 2.12. The van der Waals surface area contributed by atoms with Gasteiger partial charge in [-0.2, -0.15) is 0 Å². The summed E-state index contributed by atoms with van der Waals surface area (Å²) in [6.45, 7) is -0.325. The van der Waals surface area contributed by atoms with E-state index in [0.29, 0.717) is 0 Å². The number of hydrogen-bond donors (Lipinski definition) is 3. The molecule has 6 nitrogen and oxygen atoms in total. The van der Waals surface area contributed by atoms with Crippen LogP contribution in [0.2, 0.25) is 0 Å². The van der Waals surface area contributed by atoms with Gasteiger partial charge in [0.25, 0.3) is 0 Å². The summed E-state index contributed by atoms with van der Waals surface area (Å²) in [5, 5.41) is 2.15. The first-order valence-corrected chi connectivity index (χ1v) is 4.63. The molecule has 0 unspecified atom stereocenters. The van der Waals surface area contributed by atoms with Crippen molar-refractivity contribution in [3.63, 3.8) is 0 Å². The lowest BCUT2D eigenvalue weighted by Crippen LogP contribution is -2.23. The summed E-state index contributed by atoms with van der Waals surface area (Å²) >= 11 is 4.62. The molecule has 0 amide bonds. The van der Waals surface area contributed by atoms with Gasteiger partial charge < -0.3 is 14.1 Å². The van der Waals surface area contributed by atoms with Crippen LogP contribution < -0.4 is 5.32 Å². The Balaban J connectivity index is 3.43. The zero-order chi connectivity index (χ0) is 8.91. The highest BCUT2D eigenvalue weighted by atomic mass is 35.5. The van der Waals surface area contributed by atoms with Crippen molar-refractivity contribution >= 4 is 25.4 Å². The van der Waals surface area contributed by atoms with Gasteiger partial charge in [0.05, 0.1) is 12.8 Å². The average Bonchev–Trinajstić information content (AvgIpc) is 1.85. The molecule has 3 N–H and O–H groups in total. The predicted octanol–water partition coefficient (Wildman–Crippen LogP) is -0.592. The Bertz CT molecular complexity index is 179. The van der Waals surface area contributed by atoms with Crippen molar-refractivity contribution in [3.8, 4) is 0 Å². The summed E-state index contributed by atoms with van der Waals surface area (Å²) in [4.78, 5) is 26.8. The molecule has 0 aliphatic carbocycles. The first-order chi connectivity index (χ1) is 4.95. The second kappa shape index (κ2) is 4.69. The lowest BCUT2D eigenvalue weighted by atomic mass is 10.7. The smallest absolute Gasteiger partial charge is 0.339 e. The minimum absolute atomic E-state index is 0.325. The zero-order valence-electron chi connectivity index (χ0n) is 5.36. The van der Waals surface area contributed by atoms with Crippen LogP contribution in [0.5, 0.6) is 0 Å². The van der Waals surface area contributed by atoms with E-state index < -0.39 is 19.9 Å². The fraction of sp³-hybridized carbons (Fsp3) is 0.667. The van der Waals surface area contributed by atoms with Gasteiger partial charge >= 0.3 is 13.6 Å². The highest BCUT2D eigenvalue weighted by molar-refractivity contribution is 7.51. The number of nitrogens with one attached hydrogen (secondary N) is 1. The lowest BCUT2D eigenvalue weighted by molar-refractivity contribution is -0.132. The molecule has 8 heteroatoms. The van der Waals surface area contributed by atoms with E-state index >= 15 is 0 Å². The van der Waals surface area contributed by atoms with Crippen LogP contribution in [-0.2, 0) is 13.6 Å². The standard InChI is InChI=1S/C3H7ClNO5P/c4-10-3(6)1-5-2-11(7,8)9/h5H,1-2H2,(H2,7,8,9). The third-order valence-electron chi connectivity index (χ3n) is 0.673. The molecule has 0 aromatic carbocycles. The maximum Gasteiger partial charge on any atom is 0.339 e. The van der Waals surface area contributed by atoms with Crippen molar-refractivity contribution in [3.05, 3.63) is 0 Å². The van der Waals surface area contributed by atoms with Crippen molar-refractivity contribution < 1.29 is 23.4 Å². The Morgan fingerprint density at radius 3 is 2.55 bits per heavy atom. The third kappa shape index (κ3) is 7.77. The molecule has 0 radical (unpaired) electrons. The first kappa shape index (κ1) is 10.9. The van der Waals surface area contributed by atoms with Crippen LogP contribution in [0.25, 0.3) is 0 Å². The van der Waals surface area contributed by atoms with Crippen LogP contribution in [0.1, 0.15) is 0 Å². The molecular weight excluding hydrogens is 196 g/mol. The SMILES string of the molecule is O=C(CNCP(=O)(O)O)OCl. The van der Waals surface area contributed by atoms with Crippen molar-refractivity contribution in [2.45, 2.75) is 0 Å². The summed E-state index contributed by atoms with van der Waals surface area (Å²) in [5.74, 6) is -0.792. The second-order valence-electron chi connectivity index (χ2n) is 1.70. The molecule has 0 heterocycles. The molecule has 0 aromatic heterocycles. The van der Waals surface area contributed by atoms with Crippen LogP contribution in [-0.4, -0.2) is 28.6 Å². The van der Waals surface area contributed by atoms with Crippen LogP contribution >= 0.6 is 19.5 Å². The number of carbonyl (C=O) groups is 1. The van der Waals surface area contributed by atoms with E-state index in [2.05, 4.69) is 21.5 Å². The number of halogens is 1. The summed E-state index contributed by atoms with van der Waals surface area (Å²) in [7, 11) is -4.09. The fourth-order valence-corrected chi connectivity index (χ4v) is 0.789. The second-order valence-corrected chi connectivity index (χ2v) is 3.50. The molecule has 0 bridgehead atoms. The van der Waals surface area contributed by atoms with Gasteiger partial charge in [0, 0.05) is 0 Å². The molecule has 11 heavy (non-hydrogen) atoms. The molecule has 0 aliphatic rings. The molecule has 0 aromatic rings. The summed E-state index contributed by atoms with van der Waals surface area (Å²) in [6.07, 6.45) is -0.570. The van der Waals surface area contributed by atoms with E-state index in [0.717, 1.165) is 0 Å². The zero-order valence-corrected chi connectivity index (χ0v) is 7.01. The van der Waals surface area contributed by atoms with Crippen molar-refractivity contribution in [1.82, 2.24) is 5.32 Å². The van der Waals surface area contributed by atoms with Gasteiger partial charge in [-0.25, -0.2) is 4.79 Å². The lowest BCUT2D eigenvalue weighted by Gasteiger charge is -2.02. The highest BCUT2D eigenvalue weighted by Crippen LogP contribution is 2.31. The van der Waals surface area contributed by atoms with Gasteiger partial charge in [-0.1, -0.05) is 0 Å². The van der Waals surface area contributed by atoms with E-state index in [4.69, 9.17) is 9.79 Å². The first-order valence-electron chi connectivity index (χ1n) is 2.52. The van der Waals surface area contributed by atoms with Crippen molar-refractivity contribution in [2.24, 2.45) is 0 Å². The number of rotatable bonds is 4. The largest absolute Gasteiger partial charge is 0.346 e. The maximum absolute atomic E-state index is 10.2. The van der Waals surface area contributed by atoms with E-state index in [-0.39, 0.29) is 6.54 Å². The monoisotopic (exact) mass is 203 g/mol. The molecule has 0 fully saturated rings. The minimum atomic E-state index is -4.09. The van der Waals surface area contributed by atoms with Gasteiger partial charge in [0.15, 0.2) is 0 Å². The molecule has 0 saturated heterocycles. The Kier molecular flexibility index (Phi) is 4.63. The van der Waals surface area contributed by atoms with Crippen LogP contribution in [0, 0.1) is 0 Å². The quantitative estimate of drug-likeness (QED) is 0.529. The van der Waals surface area contributed by atoms with Crippen LogP contribution in [0.4, 0.5) is 0 Å². The van der Waals surface area contributed by atoms with Gasteiger partial charge in [-0.3, -0.25) is 9.88 Å². The fourth-order valence-electron chi connectivity index (χ4n) is 0.331. The Morgan fingerprint density at radius 2 is 2.18 bits per heavy atom. The van der Waals surface area contributed by atoms with E-state index in [1.165, 1.54) is 0 Å². The summed E-state index contributed by atoms with van der Waals surface area (Å²) in [5.41, 5.74) is 0. The minimum Gasteiger partial charge on any atom is -0.346 e. The Morgan fingerprint density at radius 1 is 1.64 bits per heavy atom. The molecule has 66 valence electrons. The molecule has 0 rings (SSSR count). The van der Waals surface area contributed by atoms with Crippen LogP contribution in [0.15, 0.2) is 0 Å². The summed E-state index contributed by atoms with van der Waals surface area (Å²) in [6, 6.07) is 0. The predicted molar refractivity (Wildman–Crippen MR) is 36.9 cm³/mol.